The molecule has 0 fully saturated rings. The summed E-state index contributed by atoms with van der Waals surface area (Å²) >= 11 is 1.87. The van der Waals surface area contributed by atoms with E-state index in [1.807, 2.05) is 11.3 Å². The summed E-state index contributed by atoms with van der Waals surface area (Å²) < 4.78 is 2.63. The quantitative estimate of drug-likeness (QED) is 0.178. The van der Waals surface area contributed by atoms with Crippen molar-refractivity contribution in [2.75, 3.05) is 4.90 Å². The minimum absolute atomic E-state index is 0.0318. The van der Waals surface area contributed by atoms with Gasteiger partial charge in [0.2, 0.25) is 0 Å². The van der Waals surface area contributed by atoms with E-state index in [2.05, 4.69) is 170 Å². The lowest BCUT2D eigenvalue weighted by Crippen LogP contribution is -2.15. The fourth-order valence-corrected chi connectivity index (χ4v) is 9.23. The highest BCUT2D eigenvalue weighted by atomic mass is 32.1. The molecular weight excluding hydrogens is 587 g/mol. The van der Waals surface area contributed by atoms with Crippen molar-refractivity contribution in [3.05, 3.63) is 163 Å². The van der Waals surface area contributed by atoms with Crippen LogP contribution in [0.2, 0.25) is 0 Å². The molecule has 222 valence electrons. The molecule has 0 aliphatic heterocycles. The second kappa shape index (κ2) is 9.78. The summed E-state index contributed by atoms with van der Waals surface area (Å²) in [6, 6.07) is 56.5. The van der Waals surface area contributed by atoms with Gasteiger partial charge in [-0.1, -0.05) is 123 Å². The molecule has 0 N–H and O–H groups in total. The van der Waals surface area contributed by atoms with Crippen LogP contribution in [0.25, 0.3) is 63.6 Å². The van der Waals surface area contributed by atoms with Crippen molar-refractivity contribution in [3.8, 4) is 11.1 Å². The largest absolute Gasteiger partial charge is 0.310 e. The average Bonchev–Trinajstić information content (AvgIpc) is 3.59. The van der Waals surface area contributed by atoms with E-state index < -0.39 is 0 Å². The average molecular weight is 618 g/mol. The van der Waals surface area contributed by atoms with Gasteiger partial charge >= 0.3 is 0 Å². The highest BCUT2D eigenvalue weighted by Gasteiger charge is 2.35. The molecule has 9 aromatic rings. The summed E-state index contributed by atoms with van der Waals surface area (Å²) in [4.78, 5) is 2.46. The van der Waals surface area contributed by atoms with E-state index in [9.17, 15) is 0 Å². The van der Waals surface area contributed by atoms with E-state index >= 15 is 0 Å². The Bertz CT molecular complexity index is 2730. The predicted molar refractivity (Wildman–Crippen MR) is 204 cm³/mol. The zero-order valence-corrected chi connectivity index (χ0v) is 27.1. The molecule has 2 heteroatoms. The van der Waals surface area contributed by atoms with Gasteiger partial charge in [-0.2, -0.15) is 0 Å². The Kier molecular flexibility index (Phi) is 5.57. The van der Waals surface area contributed by atoms with Crippen LogP contribution >= 0.6 is 11.3 Å². The van der Waals surface area contributed by atoms with Crippen molar-refractivity contribution >= 4 is 80.9 Å². The van der Waals surface area contributed by atoms with Gasteiger partial charge in [-0.05, 0) is 97.0 Å². The van der Waals surface area contributed by atoms with Crippen LogP contribution in [0, 0.1) is 0 Å². The Morgan fingerprint density at radius 1 is 0.404 bits per heavy atom. The van der Waals surface area contributed by atoms with Crippen LogP contribution in [-0.4, -0.2) is 0 Å². The number of anilines is 3. The smallest absolute Gasteiger partial charge is 0.0476 e. The first-order chi connectivity index (χ1) is 23.0. The fourth-order valence-electron chi connectivity index (χ4n) is 8.09. The van der Waals surface area contributed by atoms with Gasteiger partial charge < -0.3 is 4.90 Å². The van der Waals surface area contributed by atoms with E-state index in [1.165, 1.54) is 86.1 Å². The second-order valence-corrected chi connectivity index (χ2v) is 14.5. The number of nitrogens with zero attached hydrogens (tertiary/aromatic N) is 1. The van der Waals surface area contributed by atoms with Crippen LogP contribution in [0.4, 0.5) is 17.1 Å². The van der Waals surface area contributed by atoms with E-state index in [0.29, 0.717) is 0 Å². The van der Waals surface area contributed by atoms with Crippen molar-refractivity contribution in [3.63, 3.8) is 0 Å². The molecule has 1 aromatic heterocycles. The Morgan fingerprint density at radius 3 is 1.87 bits per heavy atom. The first-order valence-electron chi connectivity index (χ1n) is 16.3. The van der Waals surface area contributed by atoms with Crippen LogP contribution in [0.1, 0.15) is 25.0 Å². The van der Waals surface area contributed by atoms with Crippen LogP contribution in [0.3, 0.4) is 0 Å². The van der Waals surface area contributed by atoms with Gasteiger partial charge in [0.25, 0.3) is 0 Å². The van der Waals surface area contributed by atoms with Crippen molar-refractivity contribution in [2.24, 2.45) is 0 Å². The summed E-state index contributed by atoms with van der Waals surface area (Å²) in [5.74, 6) is 0. The lowest BCUT2D eigenvalue weighted by atomic mass is 9.82. The molecule has 0 amide bonds. The minimum Gasteiger partial charge on any atom is -0.310 e. The third kappa shape index (κ3) is 3.89. The summed E-state index contributed by atoms with van der Waals surface area (Å²) in [7, 11) is 0. The van der Waals surface area contributed by atoms with Crippen molar-refractivity contribution in [1.29, 1.82) is 0 Å². The van der Waals surface area contributed by atoms with Gasteiger partial charge in [0.1, 0.15) is 0 Å². The maximum Gasteiger partial charge on any atom is 0.0476 e. The summed E-state index contributed by atoms with van der Waals surface area (Å²) in [5.41, 5.74) is 8.91. The van der Waals surface area contributed by atoms with Gasteiger partial charge in [0.05, 0.1) is 0 Å². The van der Waals surface area contributed by atoms with Crippen molar-refractivity contribution in [1.82, 2.24) is 0 Å². The molecule has 0 saturated heterocycles. The fraction of sp³-hybridized carbons (Fsp3) is 0.0667. The zero-order valence-electron chi connectivity index (χ0n) is 26.3. The minimum atomic E-state index is -0.0318. The highest BCUT2D eigenvalue weighted by Crippen LogP contribution is 2.51. The number of hydrogen-bond donors (Lipinski definition) is 0. The standard InChI is InChI=1S/C45H31NS/c1-45(2)41-13-7-5-11-36(41)40-26-31(20-24-42(40)45)46(32-19-23-38-37-12-6-8-14-43(37)47-44(38)27-32)30-18-15-29-17-21-34-33-10-4-3-9-28(33)16-22-35(34)39(29)25-30/h3-27H,1-2H3. The number of rotatable bonds is 3. The van der Waals surface area contributed by atoms with Gasteiger partial charge in [-0.25, -0.2) is 0 Å². The second-order valence-electron chi connectivity index (χ2n) is 13.4. The van der Waals surface area contributed by atoms with Gasteiger partial charge in [-0.15, -0.1) is 11.3 Å². The summed E-state index contributed by atoms with van der Waals surface area (Å²) in [6.45, 7) is 4.70. The van der Waals surface area contributed by atoms with E-state index in [4.69, 9.17) is 0 Å². The number of hydrogen-bond acceptors (Lipinski definition) is 2. The van der Waals surface area contributed by atoms with Crippen molar-refractivity contribution < 1.29 is 0 Å². The lowest BCUT2D eigenvalue weighted by Gasteiger charge is -2.27. The van der Waals surface area contributed by atoms with Crippen LogP contribution in [0.5, 0.6) is 0 Å². The molecular formula is C45H31NS. The molecule has 0 bridgehead atoms. The molecule has 47 heavy (non-hydrogen) atoms. The predicted octanol–water partition coefficient (Wildman–Crippen LogP) is 13.3. The molecule has 1 heterocycles. The Hall–Kier alpha value is -5.44. The zero-order chi connectivity index (χ0) is 31.3. The van der Waals surface area contributed by atoms with Crippen LogP contribution in [-0.2, 0) is 5.41 Å². The summed E-state index contributed by atoms with van der Waals surface area (Å²) in [6.07, 6.45) is 0. The maximum atomic E-state index is 2.46. The van der Waals surface area contributed by atoms with Gasteiger partial charge in [0.15, 0.2) is 0 Å². The molecule has 0 radical (unpaired) electrons. The van der Waals surface area contributed by atoms with Gasteiger partial charge in [-0.3, -0.25) is 0 Å². The van der Waals surface area contributed by atoms with Gasteiger partial charge in [0, 0.05) is 42.6 Å². The third-order valence-corrected chi connectivity index (χ3v) is 11.6. The first kappa shape index (κ1) is 26.7. The topological polar surface area (TPSA) is 3.24 Å². The molecule has 0 saturated carbocycles. The molecule has 1 aliphatic carbocycles. The van der Waals surface area contributed by atoms with Crippen LogP contribution in [0.15, 0.2) is 152 Å². The van der Waals surface area contributed by atoms with Crippen molar-refractivity contribution in [2.45, 2.75) is 19.3 Å². The highest BCUT2D eigenvalue weighted by molar-refractivity contribution is 7.25. The first-order valence-corrected chi connectivity index (χ1v) is 17.2. The SMILES string of the molecule is CC1(C)c2ccccc2-c2cc(N(c3ccc4c(c3)sc3ccccc34)c3ccc4ccc5c6ccccc6ccc5c4c3)ccc21. The monoisotopic (exact) mass is 617 g/mol. The summed E-state index contributed by atoms with van der Waals surface area (Å²) in [5, 5.41) is 10.3. The maximum absolute atomic E-state index is 2.46. The molecule has 10 rings (SSSR count). The Labute approximate surface area is 278 Å². The molecule has 8 aromatic carbocycles. The normalized spacial score (nSPS) is 13.5. The molecule has 0 atom stereocenters. The number of fused-ring (bicyclic) bond motifs is 11. The van der Waals surface area contributed by atoms with E-state index in [-0.39, 0.29) is 5.41 Å². The van der Waals surface area contributed by atoms with E-state index in [1.54, 1.807) is 0 Å². The molecule has 0 unspecified atom stereocenters. The Morgan fingerprint density at radius 2 is 0.979 bits per heavy atom. The molecule has 1 nitrogen and oxygen atoms in total. The number of thiophene rings is 1. The number of benzene rings is 8. The Balaban J connectivity index is 1.23. The third-order valence-electron chi connectivity index (χ3n) is 10.4. The van der Waals surface area contributed by atoms with Crippen LogP contribution < -0.4 is 4.90 Å². The molecule has 1 aliphatic rings. The molecule has 0 spiro atoms. The lowest BCUT2D eigenvalue weighted by molar-refractivity contribution is 0.660. The van der Waals surface area contributed by atoms with E-state index in [0.717, 1.165) is 5.69 Å².